The van der Waals surface area contributed by atoms with Gasteiger partial charge in [-0.3, -0.25) is 10.3 Å². The van der Waals surface area contributed by atoms with Gasteiger partial charge in [0.2, 0.25) is 0 Å². The van der Waals surface area contributed by atoms with E-state index in [0.29, 0.717) is 45.0 Å². The number of amides is 2. The third-order valence-electron chi connectivity index (χ3n) is 4.65. The number of pyridine rings is 1. The number of ether oxygens (including phenoxy) is 1. The molecule has 0 aliphatic carbocycles. The van der Waals surface area contributed by atoms with Crippen molar-refractivity contribution in [2.24, 2.45) is 0 Å². The molecule has 2 aromatic heterocycles. The molecule has 0 fully saturated rings. The SMILES string of the molecule is Cc1cc(NC(=O)Nc2ccc(Oc3ccnc4cc(CO)c(CO)cc34)cc2Cl)no1. The lowest BCUT2D eigenvalue weighted by molar-refractivity contribution is 0.260. The number of fused-ring (bicyclic) bond motifs is 1. The summed E-state index contributed by atoms with van der Waals surface area (Å²) in [5.74, 6) is 1.80. The molecule has 0 bridgehead atoms. The maximum absolute atomic E-state index is 12.1. The number of aromatic nitrogens is 2. The van der Waals surface area contributed by atoms with E-state index in [1.807, 2.05) is 0 Å². The molecule has 0 aliphatic rings. The van der Waals surface area contributed by atoms with E-state index in [0.717, 1.165) is 0 Å². The molecule has 32 heavy (non-hydrogen) atoms. The van der Waals surface area contributed by atoms with Crippen LogP contribution in [0.2, 0.25) is 5.02 Å². The topological polar surface area (TPSA) is 130 Å². The molecular weight excluding hydrogens is 436 g/mol. The van der Waals surface area contributed by atoms with Crippen molar-refractivity contribution < 1.29 is 24.3 Å². The number of aliphatic hydroxyl groups excluding tert-OH is 2. The molecule has 4 aromatic rings. The van der Waals surface area contributed by atoms with E-state index < -0.39 is 6.03 Å². The zero-order valence-corrected chi connectivity index (χ0v) is 17.7. The summed E-state index contributed by atoms with van der Waals surface area (Å²) in [6, 6.07) is 11.0. The molecule has 164 valence electrons. The first kappa shape index (κ1) is 21.6. The summed E-state index contributed by atoms with van der Waals surface area (Å²) in [5.41, 5.74) is 2.19. The number of nitrogens with one attached hydrogen (secondary N) is 2. The van der Waals surface area contributed by atoms with Crippen LogP contribution in [0, 0.1) is 6.92 Å². The summed E-state index contributed by atoms with van der Waals surface area (Å²) in [6.45, 7) is 1.29. The Bertz CT molecular complexity index is 1290. The lowest BCUT2D eigenvalue weighted by atomic mass is 10.0. The van der Waals surface area contributed by atoms with Gasteiger partial charge in [-0.1, -0.05) is 16.8 Å². The van der Waals surface area contributed by atoms with Gasteiger partial charge in [-0.2, -0.15) is 0 Å². The second-order valence-corrected chi connectivity index (χ2v) is 7.32. The van der Waals surface area contributed by atoms with Crippen LogP contribution in [-0.2, 0) is 13.2 Å². The van der Waals surface area contributed by atoms with Gasteiger partial charge in [0.15, 0.2) is 5.82 Å². The van der Waals surface area contributed by atoms with Gasteiger partial charge in [-0.05, 0) is 48.4 Å². The fourth-order valence-corrected chi connectivity index (χ4v) is 3.34. The van der Waals surface area contributed by atoms with Gasteiger partial charge in [-0.15, -0.1) is 0 Å². The first-order valence-electron chi connectivity index (χ1n) is 9.58. The Labute approximate surface area is 187 Å². The van der Waals surface area contributed by atoms with Crippen LogP contribution in [-0.4, -0.2) is 26.4 Å². The molecule has 0 radical (unpaired) electrons. The normalized spacial score (nSPS) is 10.9. The average Bonchev–Trinajstić information content (AvgIpc) is 3.19. The number of carbonyl (C=O) groups is 1. The van der Waals surface area contributed by atoms with Gasteiger partial charge in [0.05, 0.1) is 29.4 Å². The fourth-order valence-electron chi connectivity index (χ4n) is 3.12. The van der Waals surface area contributed by atoms with Crippen LogP contribution >= 0.6 is 11.6 Å². The first-order chi connectivity index (χ1) is 15.5. The second kappa shape index (κ2) is 9.23. The monoisotopic (exact) mass is 454 g/mol. The highest BCUT2D eigenvalue weighted by molar-refractivity contribution is 6.34. The van der Waals surface area contributed by atoms with Crippen LogP contribution in [0.25, 0.3) is 10.9 Å². The van der Waals surface area contributed by atoms with Crippen molar-refractivity contribution in [2.45, 2.75) is 20.1 Å². The highest BCUT2D eigenvalue weighted by Crippen LogP contribution is 2.34. The molecule has 0 spiro atoms. The summed E-state index contributed by atoms with van der Waals surface area (Å²) < 4.78 is 10.9. The lowest BCUT2D eigenvalue weighted by Crippen LogP contribution is -2.19. The summed E-state index contributed by atoms with van der Waals surface area (Å²) in [5, 5.41) is 28.9. The summed E-state index contributed by atoms with van der Waals surface area (Å²) in [4.78, 5) is 16.4. The van der Waals surface area contributed by atoms with E-state index >= 15 is 0 Å². The number of rotatable bonds is 6. The average molecular weight is 455 g/mol. The summed E-state index contributed by atoms with van der Waals surface area (Å²) in [6.07, 6.45) is 1.59. The van der Waals surface area contributed by atoms with Crippen LogP contribution in [0.3, 0.4) is 0 Å². The highest BCUT2D eigenvalue weighted by Gasteiger charge is 2.12. The molecule has 0 aliphatic heterocycles. The Morgan fingerprint density at radius 2 is 1.88 bits per heavy atom. The number of urea groups is 1. The number of hydrogen-bond acceptors (Lipinski definition) is 7. The number of anilines is 2. The van der Waals surface area contributed by atoms with E-state index in [1.54, 1.807) is 55.6 Å². The van der Waals surface area contributed by atoms with E-state index in [4.69, 9.17) is 20.9 Å². The molecule has 2 heterocycles. The largest absolute Gasteiger partial charge is 0.457 e. The van der Waals surface area contributed by atoms with Crippen molar-refractivity contribution in [3.8, 4) is 11.5 Å². The van der Waals surface area contributed by atoms with E-state index in [9.17, 15) is 15.0 Å². The Morgan fingerprint density at radius 1 is 1.09 bits per heavy atom. The van der Waals surface area contributed by atoms with Gasteiger partial charge < -0.3 is 24.8 Å². The van der Waals surface area contributed by atoms with Crippen molar-refractivity contribution in [3.05, 3.63) is 70.6 Å². The van der Waals surface area contributed by atoms with Crippen molar-refractivity contribution in [3.63, 3.8) is 0 Å². The molecular formula is C22H19ClN4O5. The Hall–Kier alpha value is -3.66. The van der Waals surface area contributed by atoms with Crippen LogP contribution < -0.4 is 15.4 Å². The number of aliphatic hydroxyl groups is 2. The zero-order chi connectivity index (χ0) is 22.7. The number of benzene rings is 2. The number of aryl methyl sites for hydroxylation is 1. The summed E-state index contributed by atoms with van der Waals surface area (Å²) >= 11 is 6.32. The maximum atomic E-state index is 12.1. The molecule has 9 nitrogen and oxygen atoms in total. The van der Waals surface area contributed by atoms with Crippen LogP contribution in [0.4, 0.5) is 16.3 Å². The number of hydrogen-bond donors (Lipinski definition) is 4. The van der Waals surface area contributed by atoms with Crippen molar-refractivity contribution in [1.29, 1.82) is 0 Å². The molecule has 2 amide bonds. The van der Waals surface area contributed by atoms with Gasteiger partial charge in [0.1, 0.15) is 17.3 Å². The predicted molar refractivity (Wildman–Crippen MR) is 119 cm³/mol. The molecule has 4 N–H and O–H groups in total. The smallest absolute Gasteiger partial charge is 0.324 e. The molecule has 4 rings (SSSR count). The molecule has 10 heteroatoms. The minimum absolute atomic E-state index is 0.202. The predicted octanol–water partition coefficient (Wildman–Crippen LogP) is 4.61. The second-order valence-electron chi connectivity index (χ2n) is 6.91. The molecule has 0 atom stereocenters. The fraction of sp³-hybridized carbons (Fsp3) is 0.136. The standard InChI is InChI=1S/C22H19ClN4O5/c1-12-6-21(27-32-12)26-22(30)25-18-3-2-15(9-17(18)23)31-20-4-5-24-19-8-14(11-29)13(10-28)7-16(19)20/h2-9,28-29H,10-11H2,1H3,(H2,25,26,27,30). The van der Waals surface area contributed by atoms with Crippen LogP contribution in [0.15, 0.2) is 53.2 Å². The molecule has 0 saturated heterocycles. The van der Waals surface area contributed by atoms with Gasteiger partial charge in [0, 0.05) is 23.7 Å². The van der Waals surface area contributed by atoms with Gasteiger partial charge in [0.25, 0.3) is 0 Å². The maximum Gasteiger partial charge on any atom is 0.324 e. The highest BCUT2D eigenvalue weighted by atomic mass is 35.5. The van der Waals surface area contributed by atoms with E-state index in [2.05, 4.69) is 20.8 Å². The third-order valence-corrected chi connectivity index (χ3v) is 4.96. The van der Waals surface area contributed by atoms with Crippen LogP contribution in [0.5, 0.6) is 11.5 Å². The van der Waals surface area contributed by atoms with Gasteiger partial charge in [-0.25, -0.2) is 4.79 Å². The Morgan fingerprint density at radius 3 is 2.56 bits per heavy atom. The van der Waals surface area contributed by atoms with Gasteiger partial charge >= 0.3 is 6.03 Å². The van der Waals surface area contributed by atoms with Crippen molar-refractivity contribution >= 4 is 40.0 Å². The first-order valence-corrected chi connectivity index (χ1v) is 9.95. The van der Waals surface area contributed by atoms with Crippen LogP contribution in [0.1, 0.15) is 16.9 Å². The summed E-state index contributed by atoms with van der Waals surface area (Å²) in [7, 11) is 0. The van der Waals surface area contributed by atoms with E-state index in [-0.39, 0.29) is 24.1 Å². The zero-order valence-electron chi connectivity index (χ0n) is 16.9. The lowest BCUT2D eigenvalue weighted by Gasteiger charge is -2.13. The number of nitrogens with zero attached hydrogens (tertiary/aromatic N) is 2. The number of carbonyl (C=O) groups excluding carboxylic acids is 1. The minimum Gasteiger partial charge on any atom is -0.457 e. The molecule has 0 saturated carbocycles. The Balaban J connectivity index is 1.53. The Kier molecular flexibility index (Phi) is 6.22. The quantitative estimate of drug-likeness (QED) is 0.335. The van der Waals surface area contributed by atoms with Crippen molar-refractivity contribution in [2.75, 3.05) is 10.6 Å². The van der Waals surface area contributed by atoms with Crippen molar-refractivity contribution in [1.82, 2.24) is 10.1 Å². The minimum atomic E-state index is -0.523. The number of halogens is 1. The third kappa shape index (κ3) is 4.65. The van der Waals surface area contributed by atoms with E-state index in [1.165, 1.54) is 0 Å². The molecule has 2 aromatic carbocycles. The molecule has 0 unspecified atom stereocenters.